The van der Waals surface area contributed by atoms with Gasteiger partial charge in [-0.3, -0.25) is 0 Å². The van der Waals surface area contributed by atoms with E-state index in [1.807, 2.05) is 24.3 Å². The molecule has 0 unspecified atom stereocenters. The summed E-state index contributed by atoms with van der Waals surface area (Å²) in [4.78, 5) is 0. The van der Waals surface area contributed by atoms with Crippen molar-refractivity contribution in [2.24, 2.45) is 0 Å². The van der Waals surface area contributed by atoms with Gasteiger partial charge in [-0.25, -0.2) is 0 Å². The lowest BCUT2D eigenvalue weighted by Gasteiger charge is -1.98. The maximum atomic E-state index is 5.84. The van der Waals surface area contributed by atoms with E-state index >= 15 is 0 Å². The molecule has 0 fully saturated rings. The molecular formula is C13H17ClN3OS+. The Morgan fingerprint density at radius 2 is 1.95 bits per heavy atom. The molecule has 3 N–H and O–H groups in total. The van der Waals surface area contributed by atoms with Crippen molar-refractivity contribution in [2.75, 3.05) is 6.54 Å². The zero-order chi connectivity index (χ0) is 13.5. The summed E-state index contributed by atoms with van der Waals surface area (Å²) < 4.78 is 5.57. The maximum Gasteiger partial charge on any atom is 0.276 e. The minimum Gasteiger partial charge on any atom is -0.416 e. The average molecular weight is 299 g/mol. The van der Waals surface area contributed by atoms with Crippen molar-refractivity contribution < 1.29 is 10.2 Å². The predicted octanol–water partition coefficient (Wildman–Crippen LogP) is 2.58. The Hall–Kier alpha value is -1.04. The number of nitrogens with zero attached hydrogens (tertiary/aromatic N) is 2. The Balaban J connectivity index is 1.81. The van der Waals surface area contributed by atoms with Crippen molar-refractivity contribution in [3.63, 3.8) is 0 Å². The molecule has 1 aromatic heterocycles. The number of unbranched alkanes of at least 4 members (excludes halogenated alkanes) is 1. The quantitative estimate of drug-likeness (QED) is 0.630. The van der Waals surface area contributed by atoms with Crippen LogP contribution in [-0.2, 0) is 12.2 Å². The molecule has 19 heavy (non-hydrogen) atoms. The molecule has 0 radical (unpaired) electrons. The first kappa shape index (κ1) is 14.4. The third kappa shape index (κ3) is 4.86. The number of thioether (sulfide) groups is 1. The van der Waals surface area contributed by atoms with Crippen LogP contribution in [0.1, 0.15) is 24.3 Å². The lowest BCUT2D eigenvalue weighted by molar-refractivity contribution is -0.368. The summed E-state index contributed by atoms with van der Waals surface area (Å²) >= 11 is 7.38. The Morgan fingerprint density at radius 1 is 1.16 bits per heavy atom. The lowest BCUT2D eigenvalue weighted by Crippen LogP contribution is -2.50. The van der Waals surface area contributed by atoms with Crippen molar-refractivity contribution >= 4 is 23.4 Å². The molecule has 1 aromatic carbocycles. The fourth-order valence-electron chi connectivity index (χ4n) is 1.58. The Morgan fingerprint density at radius 3 is 2.68 bits per heavy atom. The first-order valence-corrected chi connectivity index (χ1v) is 7.63. The smallest absolute Gasteiger partial charge is 0.276 e. The van der Waals surface area contributed by atoms with Gasteiger partial charge in [-0.15, -0.1) is 10.2 Å². The summed E-state index contributed by atoms with van der Waals surface area (Å²) in [6, 6.07) is 7.77. The largest absolute Gasteiger partial charge is 0.416 e. The average Bonchev–Trinajstić information content (AvgIpc) is 2.86. The lowest BCUT2D eigenvalue weighted by atomic mass is 10.2. The molecule has 0 saturated heterocycles. The van der Waals surface area contributed by atoms with Crippen LogP contribution in [-0.4, -0.2) is 16.7 Å². The fourth-order valence-corrected chi connectivity index (χ4v) is 2.44. The molecule has 6 heteroatoms. The third-order valence-electron chi connectivity index (χ3n) is 2.61. The van der Waals surface area contributed by atoms with Crippen molar-refractivity contribution in [3.8, 4) is 0 Å². The van der Waals surface area contributed by atoms with Crippen LogP contribution in [0.15, 0.2) is 33.9 Å². The minimum absolute atomic E-state index is 0.625. The highest BCUT2D eigenvalue weighted by atomic mass is 35.5. The van der Waals surface area contributed by atoms with Crippen LogP contribution < -0.4 is 5.73 Å². The highest BCUT2D eigenvalue weighted by molar-refractivity contribution is 7.98. The summed E-state index contributed by atoms with van der Waals surface area (Å²) in [6.07, 6.45) is 2.98. The van der Waals surface area contributed by atoms with Gasteiger partial charge in [0.2, 0.25) is 5.89 Å². The molecule has 0 aliphatic heterocycles. The van der Waals surface area contributed by atoms with E-state index < -0.39 is 0 Å². The number of aromatic nitrogens is 2. The molecule has 0 amide bonds. The number of rotatable bonds is 7. The highest BCUT2D eigenvalue weighted by Gasteiger charge is 2.06. The summed E-state index contributed by atoms with van der Waals surface area (Å²) in [5.74, 6) is 1.52. The summed E-state index contributed by atoms with van der Waals surface area (Å²) in [6.45, 7) is 0.951. The molecule has 1 heterocycles. The number of halogens is 1. The predicted molar refractivity (Wildman–Crippen MR) is 76.0 cm³/mol. The van der Waals surface area contributed by atoms with Gasteiger partial charge in [0.15, 0.2) is 0 Å². The second-order valence-corrected chi connectivity index (χ2v) is 5.55. The third-order valence-corrected chi connectivity index (χ3v) is 3.76. The number of hydrogen-bond donors (Lipinski definition) is 1. The summed E-state index contributed by atoms with van der Waals surface area (Å²) in [7, 11) is 0. The molecule has 0 spiro atoms. The van der Waals surface area contributed by atoms with Gasteiger partial charge >= 0.3 is 0 Å². The number of benzene rings is 1. The van der Waals surface area contributed by atoms with Gasteiger partial charge < -0.3 is 10.2 Å². The Kier molecular flexibility index (Phi) is 5.69. The van der Waals surface area contributed by atoms with Gasteiger partial charge in [0.1, 0.15) is 0 Å². The number of hydrogen-bond acceptors (Lipinski definition) is 4. The van der Waals surface area contributed by atoms with E-state index in [1.165, 1.54) is 5.56 Å². The summed E-state index contributed by atoms with van der Waals surface area (Å²) in [5, 5.41) is 9.44. The van der Waals surface area contributed by atoms with E-state index in [1.54, 1.807) is 11.8 Å². The van der Waals surface area contributed by atoms with Crippen molar-refractivity contribution in [2.45, 2.75) is 30.2 Å². The van der Waals surface area contributed by atoms with Crippen LogP contribution in [0.3, 0.4) is 0 Å². The minimum atomic E-state index is 0.625. The molecule has 0 aliphatic rings. The zero-order valence-electron chi connectivity index (χ0n) is 10.6. The monoisotopic (exact) mass is 298 g/mol. The molecule has 0 saturated carbocycles. The molecule has 102 valence electrons. The second-order valence-electron chi connectivity index (χ2n) is 4.19. The molecule has 2 rings (SSSR count). The zero-order valence-corrected chi connectivity index (χ0v) is 12.2. The summed E-state index contributed by atoms with van der Waals surface area (Å²) in [5.41, 5.74) is 5.00. The second kappa shape index (κ2) is 7.53. The molecule has 0 aliphatic carbocycles. The Bertz CT molecular complexity index is 501. The molecular weight excluding hydrogens is 282 g/mol. The SMILES string of the molecule is [NH3+]CCCCc1nnc(SCc2ccc(Cl)cc2)o1. The maximum absolute atomic E-state index is 5.84. The Labute approximate surface area is 121 Å². The van der Waals surface area contributed by atoms with Crippen molar-refractivity contribution in [1.29, 1.82) is 0 Å². The molecule has 4 nitrogen and oxygen atoms in total. The van der Waals surface area contributed by atoms with E-state index in [4.69, 9.17) is 16.0 Å². The molecule has 0 atom stereocenters. The first-order valence-electron chi connectivity index (χ1n) is 6.27. The number of aryl methyl sites for hydroxylation is 1. The van der Waals surface area contributed by atoms with E-state index in [2.05, 4.69) is 15.9 Å². The van der Waals surface area contributed by atoms with Gasteiger partial charge in [-0.05, 0) is 30.5 Å². The van der Waals surface area contributed by atoms with Crippen LogP contribution in [0.5, 0.6) is 0 Å². The van der Waals surface area contributed by atoms with Crippen molar-refractivity contribution in [3.05, 3.63) is 40.7 Å². The van der Waals surface area contributed by atoms with E-state index in [0.717, 1.165) is 36.6 Å². The van der Waals surface area contributed by atoms with Crippen LogP contribution in [0.4, 0.5) is 0 Å². The van der Waals surface area contributed by atoms with E-state index in [-0.39, 0.29) is 0 Å². The van der Waals surface area contributed by atoms with Crippen LogP contribution in [0.25, 0.3) is 0 Å². The van der Waals surface area contributed by atoms with Crippen molar-refractivity contribution in [1.82, 2.24) is 10.2 Å². The van der Waals surface area contributed by atoms with Gasteiger partial charge in [-0.2, -0.15) is 0 Å². The van der Waals surface area contributed by atoms with Gasteiger partial charge in [0.25, 0.3) is 5.22 Å². The molecule has 2 aromatic rings. The van der Waals surface area contributed by atoms with Gasteiger partial charge in [-0.1, -0.05) is 35.5 Å². The standard InChI is InChI=1S/C13H16ClN3OS/c14-11-6-4-10(5-7-11)9-19-13-17-16-12(18-13)3-1-2-8-15/h4-7H,1-3,8-9,15H2/p+1. The molecule has 0 bridgehead atoms. The first-order chi connectivity index (χ1) is 9.28. The highest BCUT2D eigenvalue weighted by Crippen LogP contribution is 2.22. The topological polar surface area (TPSA) is 66.6 Å². The van der Waals surface area contributed by atoms with E-state index in [0.29, 0.717) is 11.1 Å². The van der Waals surface area contributed by atoms with Crippen LogP contribution >= 0.6 is 23.4 Å². The normalized spacial score (nSPS) is 10.8. The number of quaternary nitrogens is 1. The van der Waals surface area contributed by atoms with Crippen LogP contribution in [0.2, 0.25) is 5.02 Å². The fraction of sp³-hybridized carbons (Fsp3) is 0.385. The van der Waals surface area contributed by atoms with Gasteiger partial charge in [0, 0.05) is 17.2 Å². The van der Waals surface area contributed by atoms with E-state index in [9.17, 15) is 0 Å². The van der Waals surface area contributed by atoms with Crippen LogP contribution in [0, 0.1) is 0 Å². The van der Waals surface area contributed by atoms with Gasteiger partial charge in [0.05, 0.1) is 6.54 Å².